The van der Waals surface area contributed by atoms with E-state index in [0.29, 0.717) is 21.3 Å². The van der Waals surface area contributed by atoms with Crippen molar-refractivity contribution in [3.63, 3.8) is 0 Å². The summed E-state index contributed by atoms with van der Waals surface area (Å²) >= 11 is 3.42. The Bertz CT molecular complexity index is 1010. The number of methoxy groups -OCH3 is 1. The molecule has 1 aromatic carbocycles. The number of halogens is 1. The SMILES string of the molecule is COc1cc(Br)cc2c1OC(C(C)C)C(=O)N(Cc1cccnc1)C2C(=O)NCC(=O)O. The summed E-state index contributed by atoms with van der Waals surface area (Å²) < 4.78 is 12.2. The minimum absolute atomic E-state index is 0.0820. The number of carbonyl (C=O) groups excluding carboxylic acids is 2. The zero-order valence-electron chi connectivity index (χ0n) is 17.9. The first-order chi connectivity index (χ1) is 15.2. The van der Waals surface area contributed by atoms with Crippen molar-refractivity contribution in [2.24, 2.45) is 5.92 Å². The standard InChI is InChI=1S/C22H24BrN3O6/c1-12(2)19-22(30)26(11-13-5-4-6-24-9-13)18(21(29)25-10-17(27)28)15-7-14(23)8-16(31-3)20(15)32-19/h4-9,12,18-19H,10-11H2,1-3H3,(H,25,29)(H,27,28). The van der Waals surface area contributed by atoms with Gasteiger partial charge in [-0.15, -0.1) is 0 Å². The maximum absolute atomic E-state index is 13.6. The van der Waals surface area contributed by atoms with Crippen LogP contribution >= 0.6 is 15.9 Å². The second kappa shape index (κ2) is 9.99. The molecule has 2 atom stereocenters. The summed E-state index contributed by atoms with van der Waals surface area (Å²) in [4.78, 5) is 43.5. The fourth-order valence-electron chi connectivity index (χ4n) is 3.53. The molecule has 2 aromatic rings. The topological polar surface area (TPSA) is 118 Å². The van der Waals surface area contributed by atoms with E-state index in [9.17, 15) is 14.4 Å². The molecular formula is C22H24BrN3O6. The number of carboxylic acid groups (broad SMARTS) is 1. The van der Waals surface area contributed by atoms with Crippen molar-refractivity contribution in [2.45, 2.75) is 32.5 Å². The van der Waals surface area contributed by atoms with Gasteiger partial charge in [0.2, 0.25) is 5.91 Å². The summed E-state index contributed by atoms with van der Waals surface area (Å²) in [6.45, 7) is 3.19. The summed E-state index contributed by atoms with van der Waals surface area (Å²) in [5, 5.41) is 11.4. The third kappa shape index (κ3) is 5.01. The predicted molar refractivity (Wildman–Crippen MR) is 118 cm³/mol. The average molecular weight is 506 g/mol. The fourth-order valence-corrected chi connectivity index (χ4v) is 3.98. The van der Waals surface area contributed by atoms with Gasteiger partial charge in [0.15, 0.2) is 17.6 Å². The number of nitrogens with one attached hydrogen (secondary N) is 1. The molecule has 2 unspecified atom stereocenters. The number of fused-ring (bicyclic) bond motifs is 1. The summed E-state index contributed by atoms with van der Waals surface area (Å²) in [6, 6.07) is 5.75. The van der Waals surface area contributed by atoms with E-state index in [1.807, 2.05) is 13.8 Å². The van der Waals surface area contributed by atoms with E-state index in [4.69, 9.17) is 14.6 Å². The van der Waals surface area contributed by atoms with Gasteiger partial charge in [0.25, 0.3) is 5.91 Å². The number of carboxylic acids is 1. The second-order valence-electron chi connectivity index (χ2n) is 7.65. The van der Waals surface area contributed by atoms with Crippen LogP contribution in [0.15, 0.2) is 41.1 Å². The number of benzene rings is 1. The van der Waals surface area contributed by atoms with E-state index in [0.717, 1.165) is 0 Å². The Morgan fingerprint density at radius 3 is 2.72 bits per heavy atom. The van der Waals surface area contributed by atoms with Gasteiger partial charge in [0, 0.05) is 29.0 Å². The van der Waals surface area contributed by atoms with Crippen LogP contribution in [-0.2, 0) is 20.9 Å². The Kier molecular flexibility index (Phi) is 7.34. The molecule has 1 aliphatic heterocycles. The van der Waals surface area contributed by atoms with Crippen molar-refractivity contribution in [1.29, 1.82) is 0 Å². The average Bonchev–Trinajstić information content (AvgIpc) is 2.87. The minimum atomic E-state index is -1.19. The number of rotatable bonds is 7. The van der Waals surface area contributed by atoms with Gasteiger partial charge in [-0.25, -0.2) is 0 Å². The number of hydrogen-bond acceptors (Lipinski definition) is 6. The smallest absolute Gasteiger partial charge is 0.322 e. The Morgan fingerprint density at radius 1 is 1.38 bits per heavy atom. The molecule has 170 valence electrons. The molecule has 9 nitrogen and oxygen atoms in total. The van der Waals surface area contributed by atoms with Crippen molar-refractivity contribution in [1.82, 2.24) is 15.2 Å². The van der Waals surface area contributed by atoms with E-state index in [2.05, 4.69) is 26.2 Å². The van der Waals surface area contributed by atoms with Gasteiger partial charge in [0.05, 0.1) is 7.11 Å². The first kappa shape index (κ1) is 23.5. The molecule has 0 saturated heterocycles. The molecule has 3 rings (SSSR count). The van der Waals surface area contributed by atoms with Gasteiger partial charge >= 0.3 is 5.97 Å². The molecule has 0 fully saturated rings. The maximum atomic E-state index is 13.6. The lowest BCUT2D eigenvalue weighted by Gasteiger charge is -2.31. The Hall–Kier alpha value is -3.14. The number of aliphatic carboxylic acids is 1. The molecule has 0 radical (unpaired) electrons. The third-order valence-electron chi connectivity index (χ3n) is 4.99. The second-order valence-corrected chi connectivity index (χ2v) is 8.57. The van der Waals surface area contributed by atoms with Crippen molar-refractivity contribution in [2.75, 3.05) is 13.7 Å². The number of pyridine rings is 1. The van der Waals surface area contributed by atoms with Crippen molar-refractivity contribution in [3.05, 3.63) is 52.3 Å². The zero-order valence-corrected chi connectivity index (χ0v) is 19.5. The highest BCUT2D eigenvalue weighted by molar-refractivity contribution is 9.10. The lowest BCUT2D eigenvalue weighted by molar-refractivity contribution is -0.147. The van der Waals surface area contributed by atoms with Crippen LogP contribution in [-0.4, -0.2) is 52.5 Å². The van der Waals surface area contributed by atoms with E-state index >= 15 is 0 Å². The fraction of sp³-hybridized carbons (Fsp3) is 0.364. The molecule has 1 aliphatic rings. The lowest BCUT2D eigenvalue weighted by atomic mass is 10.0. The number of aromatic nitrogens is 1. The molecule has 32 heavy (non-hydrogen) atoms. The normalized spacial score (nSPS) is 17.9. The quantitative estimate of drug-likeness (QED) is 0.593. The van der Waals surface area contributed by atoms with Crippen molar-refractivity contribution >= 4 is 33.7 Å². The summed E-state index contributed by atoms with van der Waals surface area (Å²) in [5.74, 6) is -1.81. The van der Waals surface area contributed by atoms with Crippen LogP contribution in [0.5, 0.6) is 11.5 Å². The van der Waals surface area contributed by atoms with Crippen LogP contribution in [0.4, 0.5) is 0 Å². The number of ether oxygens (including phenoxy) is 2. The lowest BCUT2D eigenvalue weighted by Crippen LogP contribution is -2.48. The first-order valence-electron chi connectivity index (χ1n) is 9.96. The molecule has 2 N–H and O–H groups in total. The Labute approximate surface area is 193 Å². The number of carbonyl (C=O) groups is 3. The molecule has 10 heteroatoms. The van der Waals surface area contributed by atoms with Crippen LogP contribution in [0.1, 0.15) is 31.0 Å². The van der Waals surface area contributed by atoms with Crippen LogP contribution in [0.2, 0.25) is 0 Å². The Morgan fingerprint density at radius 2 is 2.12 bits per heavy atom. The van der Waals surface area contributed by atoms with Crippen molar-refractivity contribution < 1.29 is 29.0 Å². The van der Waals surface area contributed by atoms with Gasteiger partial charge in [-0.3, -0.25) is 19.4 Å². The zero-order chi connectivity index (χ0) is 23.4. The predicted octanol–water partition coefficient (Wildman–Crippen LogP) is 2.54. The number of nitrogens with zero attached hydrogens (tertiary/aromatic N) is 2. The molecule has 0 bridgehead atoms. The van der Waals surface area contributed by atoms with E-state index in [-0.39, 0.29) is 18.2 Å². The van der Waals surface area contributed by atoms with Crippen LogP contribution < -0.4 is 14.8 Å². The molecular weight excluding hydrogens is 482 g/mol. The molecule has 0 aliphatic carbocycles. The number of amides is 2. The van der Waals surface area contributed by atoms with Crippen molar-refractivity contribution in [3.8, 4) is 11.5 Å². The number of hydrogen-bond donors (Lipinski definition) is 2. The van der Waals surface area contributed by atoms with Gasteiger partial charge in [0.1, 0.15) is 12.6 Å². The van der Waals surface area contributed by atoms with Gasteiger partial charge in [-0.05, 0) is 29.7 Å². The highest BCUT2D eigenvalue weighted by Crippen LogP contribution is 2.44. The molecule has 0 spiro atoms. The molecule has 1 aromatic heterocycles. The van der Waals surface area contributed by atoms with Gasteiger partial charge < -0.3 is 24.8 Å². The monoisotopic (exact) mass is 505 g/mol. The maximum Gasteiger partial charge on any atom is 0.322 e. The van der Waals surface area contributed by atoms with Crippen LogP contribution in [0.3, 0.4) is 0 Å². The van der Waals surface area contributed by atoms with E-state index in [1.165, 1.54) is 12.0 Å². The summed E-state index contributed by atoms with van der Waals surface area (Å²) in [7, 11) is 1.47. The Balaban J connectivity index is 2.19. The highest BCUT2D eigenvalue weighted by Gasteiger charge is 2.43. The largest absolute Gasteiger partial charge is 0.493 e. The highest BCUT2D eigenvalue weighted by atomic mass is 79.9. The third-order valence-corrected chi connectivity index (χ3v) is 5.45. The van der Waals surface area contributed by atoms with Gasteiger partial charge in [-0.2, -0.15) is 0 Å². The van der Waals surface area contributed by atoms with Crippen LogP contribution in [0, 0.1) is 5.92 Å². The molecule has 2 amide bonds. The van der Waals surface area contributed by atoms with E-state index < -0.39 is 36.5 Å². The minimum Gasteiger partial charge on any atom is -0.493 e. The summed E-state index contributed by atoms with van der Waals surface area (Å²) in [6.07, 6.45) is 2.35. The first-order valence-corrected chi connectivity index (χ1v) is 10.7. The summed E-state index contributed by atoms with van der Waals surface area (Å²) in [5.41, 5.74) is 1.10. The molecule has 2 heterocycles. The van der Waals surface area contributed by atoms with Crippen LogP contribution in [0.25, 0.3) is 0 Å². The van der Waals surface area contributed by atoms with E-state index in [1.54, 1.807) is 36.7 Å². The van der Waals surface area contributed by atoms with Gasteiger partial charge in [-0.1, -0.05) is 35.8 Å². The molecule has 0 saturated carbocycles.